The fourth-order valence-corrected chi connectivity index (χ4v) is 1.83. The third-order valence-corrected chi connectivity index (χ3v) is 2.55. The molecule has 0 fully saturated rings. The molecule has 0 aliphatic heterocycles. The van der Waals surface area contributed by atoms with E-state index in [2.05, 4.69) is 10.3 Å². The van der Waals surface area contributed by atoms with Crippen molar-refractivity contribution in [1.82, 2.24) is 10.3 Å². The van der Waals surface area contributed by atoms with Crippen molar-refractivity contribution in [2.24, 2.45) is 0 Å². The van der Waals surface area contributed by atoms with E-state index in [0.29, 0.717) is 23.6 Å². The summed E-state index contributed by atoms with van der Waals surface area (Å²) in [5.74, 6) is 0.425. The Labute approximate surface area is 95.3 Å². The van der Waals surface area contributed by atoms with Crippen molar-refractivity contribution in [2.75, 3.05) is 19.3 Å². The van der Waals surface area contributed by atoms with E-state index in [1.165, 1.54) is 0 Å². The van der Waals surface area contributed by atoms with Gasteiger partial charge in [-0.15, -0.1) is 0 Å². The second-order valence-corrected chi connectivity index (χ2v) is 3.93. The minimum atomic E-state index is -0.944. The van der Waals surface area contributed by atoms with Crippen LogP contribution in [0.4, 0.5) is 5.82 Å². The van der Waals surface area contributed by atoms with Crippen LogP contribution in [-0.4, -0.2) is 34.9 Å². The van der Waals surface area contributed by atoms with E-state index < -0.39 is 12.2 Å². The summed E-state index contributed by atoms with van der Waals surface area (Å²) in [6.07, 6.45) is -1.80. The van der Waals surface area contributed by atoms with Crippen LogP contribution in [0.25, 0.3) is 0 Å². The molecule has 0 saturated heterocycles. The number of nitrogens with two attached hydrogens (primary N) is 1. The molecule has 1 rings (SSSR count). The summed E-state index contributed by atoms with van der Waals surface area (Å²) >= 11 is 0. The first-order valence-electron chi connectivity index (χ1n) is 5.21. The Morgan fingerprint density at radius 2 is 2.06 bits per heavy atom. The molecule has 0 aromatic carbocycles. The molecule has 0 aliphatic carbocycles. The largest absolute Gasteiger partial charge is 0.389 e. The molecule has 5 N–H and O–H groups in total. The number of likely N-dealkylation sites (N-methyl/N-ethyl adjacent to an activating group) is 1. The highest BCUT2D eigenvalue weighted by molar-refractivity contribution is 5.41. The molecule has 0 amide bonds. The third kappa shape index (κ3) is 2.69. The number of pyridine rings is 1. The zero-order valence-corrected chi connectivity index (χ0v) is 9.86. The summed E-state index contributed by atoms with van der Waals surface area (Å²) in [4.78, 5) is 4.08. The first kappa shape index (κ1) is 12.9. The molecule has 0 aliphatic rings. The fraction of sp³-hybridized carbons (Fsp3) is 0.545. The van der Waals surface area contributed by atoms with Crippen LogP contribution in [0.15, 0.2) is 6.07 Å². The molecule has 1 aromatic heterocycles. The highest BCUT2D eigenvalue weighted by Crippen LogP contribution is 2.24. The molecule has 2 unspecified atom stereocenters. The van der Waals surface area contributed by atoms with Crippen LogP contribution in [0.1, 0.15) is 22.9 Å². The number of nitrogen functional groups attached to an aromatic ring is 1. The predicted octanol–water partition coefficient (Wildman–Crippen LogP) is -0.106. The van der Waals surface area contributed by atoms with Crippen molar-refractivity contribution in [3.8, 4) is 0 Å². The van der Waals surface area contributed by atoms with Crippen LogP contribution >= 0.6 is 0 Å². The summed E-state index contributed by atoms with van der Waals surface area (Å²) in [6.45, 7) is 3.94. The van der Waals surface area contributed by atoms with Crippen molar-refractivity contribution in [1.29, 1.82) is 0 Å². The topological polar surface area (TPSA) is 91.4 Å². The lowest BCUT2D eigenvalue weighted by atomic mass is 9.98. The van der Waals surface area contributed by atoms with Gasteiger partial charge in [0.25, 0.3) is 0 Å². The maximum absolute atomic E-state index is 10.0. The molecule has 0 radical (unpaired) electrons. The van der Waals surface area contributed by atoms with Gasteiger partial charge in [0, 0.05) is 17.8 Å². The van der Waals surface area contributed by atoms with Crippen LogP contribution in [0.3, 0.4) is 0 Å². The van der Waals surface area contributed by atoms with E-state index >= 15 is 0 Å². The van der Waals surface area contributed by atoms with Gasteiger partial charge < -0.3 is 21.3 Å². The van der Waals surface area contributed by atoms with Crippen molar-refractivity contribution >= 4 is 5.82 Å². The van der Waals surface area contributed by atoms with Gasteiger partial charge in [0.1, 0.15) is 11.9 Å². The third-order valence-electron chi connectivity index (χ3n) is 2.55. The Bertz CT molecular complexity index is 345. The van der Waals surface area contributed by atoms with E-state index in [-0.39, 0.29) is 0 Å². The van der Waals surface area contributed by atoms with E-state index in [1.54, 1.807) is 20.0 Å². The predicted molar refractivity (Wildman–Crippen MR) is 63.0 cm³/mol. The summed E-state index contributed by atoms with van der Waals surface area (Å²) < 4.78 is 0. The lowest BCUT2D eigenvalue weighted by molar-refractivity contribution is 0.0193. The molecule has 0 spiro atoms. The molecular weight excluding hydrogens is 206 g/mol. The lowest BCUT2D eigenvalue weighted by Crippen LogP contribution is -2.30. The van der Waals surface area contributed by atoms with Crippen LogP contribution in [0.5, 0.6) is 0 Å². The Kier molecular flexibility index (Phi) is 4.23. The molecule has 5 nitrogen and oxygen atoms in total. The highest BCUT2D eigenvalue weighted by Gasteiger charge is 2.22. The number of hydrogen-bond donors (Lipinski definition) is 4. The second kappa shape index (κ2) is 5.25. The summed E-state index contributed by atoms with van der Waals surface area (Å²) in [5, 5.41) is 22.5. The Balaban J connectivity index is 3.03. The molecule has 1 aromatic rings. The Morgan fingerprint density at radius 3 is 2.56 bits per heavy atom. The van der Waals surface area contributed by atoms with Gasteiger partial charge >= 0.3 is 0 Å². The smallest absolute Gasteiger partial charge is 0.123 e. The number of nitrogens with one attached hydrogen (secondary N) is 1. The number of aromatic nitrogens is 1. The van der Waals surface area contributed by atoms with Crippen molar-refractivity contribution in [3.05, 3.63) is 22.9 Å². The first-order valence-corrected chi connectivity index (χ1v) is 5.21. The quantitative estimate of drug-likeness (QED) is 0.574. The van der Waals surface area contributed by atoms with E-state index in [9.17, 15) is 10.2 Å². The maximum Gasteiger partial charge on any atom is 0.123 e. The van der Waals surface area contributed by atoms with Crippen molar-refractivity contribution in [2.45, 2.75) is 26.1 Å². The zero-order chi connectivity index (χ0) is 12.3. The van der Waals surface area contributed by atoms with E-state index in [4.69, 9.17) is 5.73 Å². The van der Waals surface area contributed by atoms with Crippen LogP contribution in [-0.2, 0) is 0 Å². The molecule has 90 valence electrons. The normalized spacial score (nSPS) is 14.8. The molecule has 16 heavy (non-hydrogen) atoms. The highest BCUT2D eigenvalue weighted by atomic mass is 16.3. The molecule has 1 heterocycles. The lowest BCUT2D eigenvalue weighted by Gasteiger charge is -2.21. The van der Waals surface area contributed by atoms with Gasteiger partial charge in [0.15, 0.2) is 0 Å². The monoisotopic (exact) mass is 225 g/mol. The van der Waals surface area contributed by atoms with E-state index in [1.807, 2.05) is 6.92 Å². The average molecular weight is 225 g/mol. The van der Waals surface area contributed by atoms with E-state index in [0.717, 1.165) is 5.56 Å². The molecule has 0 saturated carbocycles. The number of hydrogen-bond acceptors (Lipinski definition) is 5. The van der Waals surface area contributed by atoms with Gasteiger partial charge in [-0.25, -0.2) is 4.98 Å². The van der Waals surface area contributed by atoms with Crippen LogP contribution < -0.4 is 11.1 Å². The number of anilines is 1. The number of aliphatic hydroxyl groups is 2. The SMILES string of the molecule is CNCC(O)C(O)c1c(C)cc(N)nc1C. The van der Waals surface area contributed by atoms with Gasteiger partial charge in [0.2, 0.25) is 0 Å². The van der Waals surface area contributed by atoms with Gasteiger partial charge in [-0.3, -0.25) is 0 Å². The van der Waals surface area contributed by atoms with Gasteiger partial charge in [-0.2, -0.15) is 0 Å². The minimum Gasteiger partial charge on any atom is -0.389 e. The van der Waals surface area contributed by atoms with Crippen LogP contribution in [0, 0.1) is 13.8 Å². The summed E-state index contributed by atoms with van der Waals surface area (Å²) in [6, 6.07) is 1.69. The number of rotatable bonds is 4. The minimum absolute atomic E-state index is 0.324. The number of aryl methyl sites for hydroxylation is 2. The van der Waals surface area contributed by atoms with Crippen LogP contribution in [0.2, 0.25) is 0 Å². The van der Waals surface area contributed by atoms with Crippen molar-refractivity contribution < 1.29 is 10.2 Å². The Hall–Kier alpha value is -1.17. The van der Waals surface area contributed by atoms with Gasteiger partial charge in [0.05, 0.1) is 6.10 Å². The molecule has 0 bridgehead atoms. The fourth-order valence-electron chi connectivity index (χ4n) is 1.83. The zero-order valence-electron chi connectivity index (χ0n) is 9.86. The Morgan fingerprint density at radius 1 is 1.44 bits per heavy atom. The summed E-state index contributed by atoms with van der Waals surface area (Å²) in [7, 11) is 1.72. The standard InChI is InChI=1S/C11H19N3O2/c1-6-4-9(12)14-7(2)10(6)11(16)8(15)5-13-3/h4,8,11,13,15-16H,5H2,1-3H3,(H2,12,14). The summed E-state index contributed by atoms with van der Waals surface area (Å²) in [5.41, 5.74) is 7.74. The maximum atomic E-state index is 10.0. The van der Waals surface area contributed by atoms with Crippen molar-refractivity contribution in [3.63, 3.8) is 0 Å². The average Bonchev–Trinajstić information content (AvgIpc) is 2.16. The number of aliphatic hydroxyl groups excluding tert-OH is 2. The molecular formula is C11H19N3O2. The second-order valence-electron chi connectivity index (χ2n) is 3.93. The number of nitrogens with zero attached hydrogens (tertiary/aromatic N) is 1. The van der Waals surface area contributed by atoms with Gasteiger partial charge in [-0.1, -0.05) is 0 Å². The molecule has 5 heteroatoms. The van der Waals surface area contributed by atoms with Gasteiger partial charge in [-0.05, 0) is 32.5 Å². The molecule has 2 atom stereocenters. The first-order chi connectivity index (χ1) is 7.47.